The van der Waals surface area contributed by atoms with Gasteiger partial charge < -0.3 is 4.90 Å². The molecule has 1 fully saturated rings. The highest BCUT2D eigenvalue weighted by atomic mass is 16.6. The maximum atomic E-state index is 10.5. The van der Waals surface area contributed by atoms with Gasteiger partial charge in [0.25, 0.3) is 0 Å². The summed E-state index contributed by atoms with van der Waals surface area (Å²) < 4.78 is 0. The molecule has 0 amide bonds. The number of anilines is 1. The van der Waals surface area contributed by atoms with Crippen LogP contribution >= 0.6 is 0 Å². The second kappa shape index (κ2) is 5.77. The van der Waals surface area contributed by atoms with Crippen molar-refractivity contribution in [2.24, 2.45) is 0 Å². The monoisotopic (exact) mass is 250 g/mol. The van der Waals surface area contributed by atoms with E-state index < -0.39 is 0 Å². The van der Waals surface area contributed by atoms with Crippen molar-refractivity contribution in [2.45, 2.75) is 13.0 Å². The molecular weight excluding hydrogens is 232 g/mol. The topological polar surface area (TPSA) is 62.5 Å². The fourth-order valence-electron chi connectivity index (χ4n) is 2.26. The van der Waals surface area contributed by atoms with Crippen LogP contribution in [-0.4, -0.2) is 53.6 Å². The van der Waals surface area contributed by atoms with Crippen LogP contribution in [0.25, 0.3) is 0 Å². The Hall–Kier alpha value is -1.69. The number of pyridine rings is 1. The van der Waals surface area contributed by atoms with Crippen LogP contribution in [0, 0.1) is 10.1 Å². The number of aromatic nitrogens is 1. The van der Waals surface area contributed by atoms with Gasteiger partial charge in [0.2, 0.25) is 6.54 Å². The van der Waals surface area contributed by atoms with E-state index in [0.717, 1.165) is 32.0 Å². The van der Waals surface area contributed by atoms with Crippen molar-refractivity contribution in [1.82, 2.24) is 9.88 Å². The highest BCUT2D eigenvalue weighted by Gasteiger charge is 2.24. The highest BCUT2D eigenvalue weighted by Crippen LogP contribution is 2.13. The van der Waals surface area contributed by atoms with E-state index in [1.165, 1.54) is 0 Å². The summed E-state index contributed by atoms with van der Waals surface area (Å²) in [5.41, 5.74) is 0. The minimum atomic E-state index is -0.240. The van der Waals surface area contributed by atoms with Gasteiger partial charge in [0.1, 0.15) is 5.82 Å². The van der Waals surface area contributed by atoms with E-state index in [-0.39, 0.29) is 17.5 Å². The fourth-order valence-corrected chi connectivity index (χ4v) is 2.26. The molecule has 0 bridgehead atoms. The van der Waals surface area contributed by atoms with E-state index >= 15 is 0 Å². The van der Waals surface area contributed by atoms with E-state index in [0.29, 0.717) is 0 Å². The Morgan fingerprint density at radius 3 is 2.67 bits per heavy atom. The minimum absolute atomic E-state index is 0.00545. The molecule has 6 nitrogen and oxygen atoms in total. The van der Waals surface area contributed by atoms with Crippen LogP contribution in [0.4, 0.5) is 5.82 Å². The molecule has 1 aliphatic heterocycles. The van der Waals surface area contributed by atoms with Gasteiger partial charge in [0.15, 0.2) is 0 Å². The number of rotatable bonds is 4. The molecule has 1 aliphatic rings. The molecule has 2 heterocycles. The zero-order valence-corrected chi connectivity index (χ0v) is 10.5. The fraction of sp³-hybridized carbons (Fsp3) is 0.583. The van der Waals surface area contributed by atoms with Crippen molar-refractivity contribution >= 4 is 5.82 Å². The molecular formula is C12H18N4O2. The summed E-state index contributed by atoms with van der Waals surface area (Å²) >= 11 is 0. The molecule has 6 heteroatoms. The van der Waals surface area contributed by atoms with Crippen molar-refractivity contribution in [2.75, 3.05) is 37.6 Å². The zero-order valence-electron chi connectivity index (χ0n) is 10.5. The molecule has 1 atom stereocenters. The summed E-state index contributed by atoms with van der Waals surface area (Å²) in [7, 11) is 0. The number of piperazine rings is 1. The molecule has 0 radical (unpaired) electrons. The maximum Gasteiger partial charge on any atom is 0.218 e. The van der Waals surface area contributed by atoms with Gasteiger partial charge in [0, 0.05) is 37.3 Å². The summed E-state index contributed by atoms with van der Waals surface area (Å²) in [5.74, 6) is 0.985. The van der Waals surface area contributed by atoms with Gasteiger partial charge in [0.05, 0.1) is 6.04 Å². The maximum absolute atomic E-state index is 10.5. The summed E-state index contributed by atoms with van der Waals surface area (Å²) in [6, 6.07) is 5.88. The SMILES string of the molecule is CC(C[N+](=O)[O-])N1CCN(c2ccccn2)CC1. The molecule has 1 saturated heterocycles. The molecule has 1 unspecified atom stereocenters. The van der Waals surface area contributed by atoms with Crippen molar-refractivity contribution in [3.8, 4) is 0 Å². The van der Waals surface area contributed by atoms with Crippen molar-refractivity contribution in [3.63, 3.8) is 0 Å². The van der Waals surface area contributed by atoms with Gasteiger partial charge in [-0.1, -0.05) is 6.07 Å². The van der Waals surface area contributed by atoms with Crippen molar-refractivity contribution < 1.29 is 4.92 Å². The lowest BCUT2D eigenvalue weighted by atomic mass is 10.2. The number of nitrogens with zero attached hydrogens (tertiary/aromatic N) is 4. The third-order valence-corrected chi connectivity index (χ3v) is 3.32. The smallest absolute Gasteiger partial charge is 0.218 e. The van der Waals surface area contributed by atoms with Gasteiger partial charge in [-0.2, -0.15) is 0 Å². The van der Waals surface area contributed by atoms with Crippen LogP contribution in [0.15, 0.2) is 24.4 Å². The molecule has 0 N–H and O–H groups in total. The van der Waals surface area contributed by atoms with Crippen molar-refractivity contribution in [1.29, 1.82) is 0 Å². The Labute approximate surface area is 106 Å². The van der Waals surface area contributed by atoms with Gasteiger partial charge in [-0.15, -0.1) is 0 Å². The Morgan fingerprint density at radius 1 is 1.39 bits per heavy atom. The van der Waals surface area contributed by atoms with Gasteiger partial charge in [-0.3, -0.25) is 15.0 Å². The van der Waals surface area contributed by atoms with E-state index in [1.807, 2.05) is 25.1 Å². The standard InChI is InChI=1S/C12H18N4O2/c1-11(10-16(17)18)14-6-8-15(9-7-14)12-4-2-3-5-13-12/h2-5,11H,6-10H2,1H3. The predicted molar refractivity (Wildman–Crippen MR) is 69.3 cm³/mol. The zero-order chi connectivity index (χ0) is 13.0. The first kappa shape index (κ1) is 12.8. The van der Waals surface area contributed by atoms with Gasteiger partial charge in [-0.25, -0.2) is 4.98 Å². The van der Waals surface area contributed by atoms with Crippen LogP contribution in [-0.2, 0) is 0 Å². The predicted octanol–water partition coefficient (Wildman–Crippen LogP) is 0.869. The van der Waals surface area contributed by atoms with E-state index in [9.17, 15) is 10.1 Å². The van der Waals surface area contributed by atoms with Crippen molar-refractivity contribution in [3.05, 3.63) is 34.5 Å². The largest absolute Gasteiger partial charge is 0.354 e. The lowest BCUT2D eigenvalue weighted by Gasteiger charge is -2.37. The van der Waals surface area contributed by atoms with Crippen LogP contribution in [0.1, 0.15) is 6.92 Å². The average molecular weight is 250 g/mol. The van der Waals surface area contributed by atoms with E-state index in [2.05, 4.69) is 14.8 Å². The Bertz CT molecular complexity index is 390. The third kappa shape index (κ3) is 3.16. The quantitative estimate of drug-likeness (QED) is 0.586. The van der Waals surface area contributed by atoms with E-state index in [4.69, 9.17) is 0 Å². The minimum Gasteiger partial charge on any atom is -0.354 e. The summed E-state index contributed by atoms with van der Waals surface area (Å²) in [4.78, 5) is 19.0. The number of hydrogen-bond donors (Lipinski definition) is 0. The molecule has 0 aromatic carbocycles. The van der Waals surface area contributed by atoms with Gasteiger partial charge in [-0.05, 0) is 19.1 Å². The molecule has 18 heavy (non-hydrogen) atoms. The third-order valence-electron chi connectivity index (χ3n) is 3.32. The molecule has 1 aromatic heterocycles. The summed E-state index contributed by atoms with van der Waals surface area (Å²) in [5, 5.41) is 10.5. The first-order valence-corrected chi connectivity index (χ1v) is 6.18. The van der Waals surface area contributed by atoms with Crippen LogP contribution < -0.4 is 4.90 Å². The number of nitro groups is 1. The normalized spacial score (nSPS) is 18.6. The summed E-state index contributed by atoms with van der Waals surface area (Å²) in [6.45, 7) is 5.39. The number of hydrogen-bond acceptors (Lipinski definition) is 5. The van der Waals surface area contributed by atoms with Gasteiger partial charge >= 0.3 is 0 Å². The summed E-state index contributed by atoms with van der Waals surface area (Å²) in [6.07, 6.45) is 1.79. The Morgan fingerprint density at radius 2 is 2.11 bits per heavy atom. The molecule has 0 spiro atoms. The van der Waals surface area contributed by atoms with E-state index in [1.54, 1.807) is 6.20 Å². The lowest BCUT2D eigenvalue weighted by molar-refractivity contribution is -0.486. The Balaban J connectivity index is 1.86. The highest BCUT2D eigenvalue weighted by molar-refractivity contribution is 5.38. The average Bonchev–Trinajstić information content (AvgIpc) is 2.39. The second-order valence-electron chi connectivity index (χ2n) is 4.58. The second-order valence-corrected chi connectivity index (χ2v) is 4.58. The molecule has 1 aromatic rings. The first-order chi connectivity index (χ1) is 8.66. The Kier molecular flexibility index (Phi) is 4.09. The molecule has 0 aliphatic carbocycles. The lowest BCUT2D eigenvalue weighted by Crippen LogP contribution is -2.51. The first-order valence-electron chi connectivity index (χ1n) is 6.18. The molecule has 0 saturated carbocycles. The molecule has 2 rings (SSSR count). The van der Waals surface area contributed by atoms with Crippen LogP contribution in [0.5, 0.6) is 0 Å². The van der Waals surface area contributed by atoms with Crippen LogP contribution in [0.2, 0.25) is 0 Å². The van der Waals surface area contributed by atoms with Crippen LogP contribution in [0.3, 0.4) is 0 Å². The molecule has 98 valence electrons.